The molecule has 0 saturated heterocycles. The lowest BCUT2D eigenvalue weighted by atomic mass is 10.1. The smallest absolute Gasteiger partial charge is 0.263 e. The minimum Gasteiger partial charge on any atom is -0.507 e. The Morgan fingerprint density at radius 3 is 2.23 bits per heavy atom. The molecule has 132 valence electrons. The van der Waals surface area contributed by atoms with Gasteiger partial charge in [0.15, 0.2) is 0 Å². The Hall–Kier alpha value is -2.89. The average molecular weight is 390 g/mol. The van der Waals surface area contributed by atoms with Crippen molar-refractivity contribution < 1.29 is 19.7 Å². The zero-order valence-electron chi connectivity index (χ0n) is 13.2. The summed E-state index contributed by atoms with van der Waals surface area (Å²) in [7, 11) is 0. The van der Waals surface area contributed by atoms with Crippen LogP contribution in [0.2, 0.25) is 10.0 Å². The molecule has 3 aromatic carbocycles. The summed E-state index contributed by atoms with van der Waals surface area (Å²) in [6.07, 6.45) is 0. The quantitative estimate of drug-likeness (QED) is 0.554. The molecule has 26 heavy (non-hydrogen) atoms. The number of aromatic hydroxyl groups is 2. The number of phenolic OH excluding ortho intramolecular Hbond substituents is 2. The Kier molecular flexibility index (Phi) is 5.21. The molecule has 0 aliphatic heterocycles. The summed E-state index contributed by atoms with van der Waals surface area (Å²) in [6.45, 7) is 0. The summed E-state index contributed by atoms with van der Waals surface area (Å²) < 4.78 is 5.70. The van der Waals surface area contributed by atoms with E-state index in [4.69, 9.17) is 27.9 Å². The summed E-state index contributed by atoms with van der Waals surface area (Å²) in [5.41, 5.74) is 0.161. The topological polar surface area (TPSA) is 78.8 Å². The van der Waals surface area contributed by atoms with E-state index in [2.05, 4.69) is 5.32 Å². The number of hydrogen-bond donors (Lipinski definition) is 3. The number of amides is 1. The third kappa shape index (κ3) is 4.02. The van der Waals surface area contributed by atoms with E-state index in [-0.39, 0.29) is 17.1 Å². The first-order valence-electron chi connectivity index (χ1n) is 7.49. The number of ether oxygens (including phenoxy) is 1. The largest absolute Gasteiger partial charge is 0.507 e. The summed E-state index contributed by atoms with van der Waals surface area (Å²) in [5.74, 6) is -0.463. The minimum atomic E-state index is -0.666. The highest BCUT2D eigenvalue weighted by Gasteiger charge is 2.17. The van der Waals surface area contributed by atoms with Gasteiger partial charge in [-0.05, 0) is 48.5 Å². The average Bonchev–Trinajstić information content (AvgIpc) is 2.59. The Bertz CT molecular complexity index is 938. The van der Waals surface area contributed by atoms with E-state index in [0.29, 0.717) is 27.2 Å². The maximum absolute atomic E-state index is 12.3. The van der Waals surface area contributed by atoms with Gasteiger partial charge in [0.1, 0.15) is 28.6 Å². The van der Waals surface area contributed by atoms with Gasteiger partial charge in [-0.15, -0.1) is 0 Å². The molecule has 0 aliphatic carbocycles. The highest BCUT2D eigenvalue weighted by molar-refractivity contribution is 6.32. The summed E-state index contributed by atoms with van der Waals surface area (Å²) in [4.78, 5) is 12.3. The fourth-order valence-electron chi connectivity index (χ4n) is 2.24. The number of hydrogen-bond acceptors (Lipinski definition) is 4. The molecule has 5 nitrogen and oxygen atoms in total. The lowest BCUT2D eigenvalue weighted by Crippen LogP contribution is -2.12. The molecule has 0 aliphatic rings. The Morgan fingerprint density at radius 2 is 1.58 bits per heavy atom. The molecule has 0 radical (unpaired) electrons. The molecule has 0 saturated carbocycles. The Balaban J connectivity index is 1.83. The predicted octanol–water partition coefficient (Wildman–Crippen LogP) is 5.45. The number of carbonyl (C=O) groups excluding carboxylic acids is 1. The highest BCUT2D eigenvalue weighted by atomic mass is 35.5. The first-order valence-corrected chi connectivity index (χ1v) is 8.25. The first kappa shape index (κ1) is 17.9. The third-order valence-electron chi connectivity index (χ3n) is 3.48. The highest BCUT2D eigenvalue weighted by Crippen LogP contribution is 2.33. The molecule has 3 aromatic rings. The number of rotatable bonds is 4. The van der Waals surface area contributed by atoms with Crippen molar-refractivity contribution in [3.05, 3.63) is 76.3 Å². The molecule has 3 rings (SSSR count). The van der Waals surface area contributed by atoms with E-state index >= 15 is 0 Å². The maximum Gasteiger partial charge on any atom is 0.263 e. The normalized spacial score (nSPS) is 10.4. The number of carbonyl (C=O) groups is 1. The molecular weight excluding hydrogens is 377 g/mol. The first-order chi connectivity index (χ1) is 12.4. The van der Waals surface area contributed by atoms with Gasteiger partial charge >= 0.3 is 0 Å². The second kappa shape index (κ2) is 7.56. The van der Waals surface area contributed by atoms with Gasteiger partial charge in [-0.3, -0.25) is 4.79 Å². The van der Waals surface area contributed by atoms with Gasteiger partial charge in [0.2, 0.25) is 0 Å². The van der Waals surface area contributed by atoms with Crippen LogP contribution in [0.5, 0.6) is 23.0 Å². The van der Waals surface area contributed by atoms with Crippen molar-refractivity contribution in [2.24, 2.45) is 0 Å². The molecule has 3 N–H and O–H groups in total. The fraction of sp³-hybridized carbons (Fsp3) is 0. The summed E-state index contributed by atoms with van der Waals surface area (Å²) >= 11 is 12.0. The zero-order valence-corrected chi connectivity index (χ0v) is 14.8. The van der Waals surface area contributed by atoms with Crippen LogP contribution in [0.1, 0.15) is 10.4 Å². The maximum atomic E-state index is 12.3. The van der Waals surface area contributed by atoms with Crippen LogP contribution in [0.3, 0.4) is 0 Å². The van der Waals surface area contributed by atoms with E-state index in [0.717, 1.165) is 0 Å². The molecule has 0 spiro atoms. The molecule has 1 amide bonds. The van der Waals surface area contributed by atoms with Crippen LogP contribution in [0.25, 0.3) is 0 Å². The second-order valence-corrected chi connectivity index (χ2v) is 6.17. The number of nitrogens with one attached hydrogen (secondary N) is 1. The summed E-state index contributed by atoms with van der Waals surface area (Å²) in [6, 6.07) is 15.5. The van der Waals surface area contributed by atoms with Crippen LogP contribution in [0.4, 0.5) is 5.69 Å². The van der Waals surface area contributed by atoms with Gasteiger partial charge in [-0.1, -0.05) is 29.3 Å². The lowest BCUT2D eigenvalue weighted by Gasteiger charge is -2.12. The standard InChI is InChI=1S/C19H13Cl2NO4/c20-11-4-7-13(8-5-11)26-17-10-12(6-9-14(17)21)22-19(25)18-15(23)2-1-3-16(18)24/h1-10,23-24H,(H,22,25). The molecular formula is C19H13Cl2NO4. The molecule has 0 fully saturated rings. The van der Waals surface area contributed by atoms with Crippen molar-refractivity contribution in [3.63, 3.8) is 0 Å². The van der Waals surface area contributed by atoms with Gasteiger partial charge in [0.25, 0.3) is 5.91 Å². The number of halogens is 2. The molecule has 0 atom stereocenters. The van der Waals surface area contributed by atoms with Crippen LogP contribution < -0.4 is 10.1 Å². The minimum absolute atomic E-state index is 0.220. The molecule has 0 heterocycles. The molecule has 0 bridgehead atoms. The third-order valence-corrected chi connectivity index (χ3v) is 4.04. The summed E-state index contributed by atoms with van der Waals surface area (Å²) in [5, 5.41) is 23.1. The predicted molar refractivity (Wildman–Crippen MR) is 101 cm³/mol. The number of phenols is 2. The van der Waals surface area contributed by atoms with Crippen LogP contribution in [-0.2, 0) is 0 Å². The van der Waals surface area contributed by atoms with Crippen molar-refractivity contribution >= 4 is 34.8 Å². The van der Waals surface area contributed by atoms with Crippen LogP contribution in [0, 0.1) is 0 Å². The Morgan fingerprint density at radius 1 is 0.923 bits per heavy atom. The van der Waals surface area contributed by atoms with Gasteiger partial charge < -0.3 is 20.3 Å². The SMILES string of the molecule is O=C(Nc1ccc(Cl)c(Oc2ccc(Cl)cc2)c1)c1c(O)cccc1O. The van der Waals surface area contributed by atoms with E-state index in [1.54, 1.807) is 36.4 Å². The monoisotopic (exact) mass is 389 g/mol. The lowest BCUT2D eigenvalue weighted by molar-refractivity contribution is 0.102. The fourth-order valence-corrected chi connectivity index (χ4v) is 2.53. The van der Waals surface area contributed by atoms with Gasteiger partial charge in [0.05, 0.1) is 5.02 Å². The Labute approximate surface area is 159 Å². The zero-order chi connectivity index (χ0) is 18.7. The van der Waals surface area contributed by atoms with Crippen molar-refractivity contribution in [3.8, 4) is 23.0 Å². The number of anilines is 1. The van der Waals surface area contributed by atoms with Gasteiger partial charge in [0, 0.05) is 16.8 Å². The van der Waals surface area contributed by atoms with Crippen molar-refractivity contribution in [1.29, 1.82) is 0 Å². The number of benzene rings is 3. The van der Waals surface area contributed by atoms with Crippen LogP contribution in [-0.4, -0.2) is 16.1 Å². The molecule has 7 heteroatoms. The van der Waals surface area contributed by atoms with Crippen molar-refractivity contribution in [1.82, 2.24) is 0 Å². The second-order valence-electron chi connectivity index (χ2n) is 5.33. The molecule has 0 unspecified atom stereocenters. The van der Waals surface area contributed by atoms with Crippen LogP contribution in [0.15, 0.2) is 60.7 Å². The van der Waals surface area contributed by atoms with Gasteiger partial charge in [-0.25, -0.2) is 0 Å². The van der Waals surface area contributed by atoms with Crippen molar-refractivity contribution in [2.75, 3.05) is 5.32 Å². The molecule has 0 aromatic heterocycles. The van der Waals surface area contributed by atoms with Crippen molar-refractivity contribution in [2.45, 2.75) is 0 Å². The van der Waals surface area contributed by atoms with E-state index in [9.17, 15) is 15.0 Å². The van der Waals surface area contributed by atoms with Crippen LogP contribution >= 0.6 is 23.2 Å². The van der Waals surface area contributed by atoms with E-state index < -0.39 is 5.91 Å². The van der Waals surface area contributed by atoms with Gasteiger partial charge in [-0.2, -0.15) is 0 Å². The van der Waals surface area contributed by atoms with E-state index in [1.165, 1.54) is 24.3 Å². The van der Waals surface area contributed by atoms with E-state index in [1.807, 2.05) is 0 Å².